The number of carbonyl (C=O) groups is 1. The van der Waals surface area contributed by atoms with Gasteiger partial charge in [0.25, 0.3) is 0 Å². The Hall–Kier alpha value is -1.93. The van der Waals surface area contributed by atoms with Gasteiger partial charge in [0.15, 0.2) is 5.78 Å². The molecule has 102 valence electrons. The van der Waals surface area contributed by atoms with Crippen molar-refractivity contribution in [2.75, 3.05) is 0 Å². The van der Waals surface area contributed by atoms with Gasteiger partial charge in [-0.3, -0.25) is 4.79 Å². The molecular weight excluding hydrogens is 324 g/mol. The predicted molar refractivity (Wildman–Crippen MR) is 88.9 cm³/mol. The lowest BCUT2D eigenvalue weighted by molar-refractivity contribution is 0.103. The third-order valence-electron chi connectivity index (χ3n) is 4.25. The Bertz CT molecular complexity index is 866. The van der Waals surface area contributed by atoms with Gasteiger partial charge in [0, 0.05) is 15.6 Å². The van der Waals surface area contributed by atoms with Gasteiger partial charge in [-0.05, 0) is 40.8 Å². The maximum Gasteiger partial charge on any atom is 0.193 e. The Morgan fingerprint density at radius 2 is 1.71 bits per heavy atom. The molecule has 4 rings (SSSR count). The Labute approximate surface area is 131 Å². The second-order valence-electron chi connectivity index (χ2n) is 5.42. The molecule has 3 aromatic carbocycles. The molecule has 1 aliphatic rings. The quantitative estimate of drug-likeness (QED) is 0.606. The predicted octanol–water partition coefficient (Wildman–Crippen LogP) is 4.93. The summed E-state index contributed by atoms with van der Waals surface area (Å²) in [6.45, 7) is 0. The van der Waals surface area contributed by atoms with Gasteiger partial charge < -0.3 is 0 Å². The molecule has 0 unspecified atom stereocenters. The van der Waals surface area contributed by atoms with E-state index in [-0.39, 0.29) is 5.78 Å². The Morgan fingerprint density at radius 1 is 0.905 bits per heavy atom. The minimum Gasteiger partial charge on any atom is -0.289 e. The van der Waals surface area contributed by atoms with Gasteiger partial charge in [-0.25, -0.2) is 0 Å². The molecule has 2 heteroatoms. The van der Waals surface area contributed by atoms with Crippen LogP contribution in [0, 0.1) is 0 Å². The standard InChI is InChI=1S/C19H13BrO/c20-17-11-7-12-6-8-14-15(9-10-16(17)18(12)14)19(21)13-4-2-1-3-5-13/h1-5,7,9-11H,6,8H2. The van der Waals surface area contributed by atoms with Crippen LogP contribution in [0.5, 0.6) is 0 Å². The van der Waals surface area contributed by atoms with Crippen molar-refractivity contribution in [1.29, 1.82) is 0 Å². The van der Waals surface area contributed by atoms with E-state index in [2.05, 4.69) is 34.1 Å². The van der Waals surface area contributed by atoms with Crippen LogP contribution in [0.1, 0.15) is 27.0 Å². The van der Waals surface area contributed by atoms with Crippen molar-refractivity contribution in [2.24, 2.45) is 0 Å². The van der Waals surface area contributed by atoms with E-state index >= 15 is 0 Å². The van der Waals surface area contributed by atoms with E-state index in [0.717, 1.165) is 28.4 Å². The molecule has 0 spiro atoms. The van der Waals surface area contributed by atoms with Gasteiger partial charge >= 0.3 is 0 Å². The molecule has 1 nitrogen and oxygen atoms in total. The summed E-state index contributed by atoms with van der Waals surface area (Å²) in [6, 6.07) is 17.8. The highest BCUT2D eigenvalue weighted by molar-refractivity contribution is 9.10. The fourth-order valence-electron chi connectivity index (χ4n) is 3.25. The second-order valence-corrected chi connectivity index (χ2v) is 6.27. The molecule has 0 aliphatic heterocycles. The van der Waals surface area contributed by atoms with Crippen molar-refractivity contribution < 1.29 is 4.79 Å². The van der Waals surface area contributed by atoms with E-state index in [0.29, 0.717) is 0 Å². The van der Waals surface area contributed by atoms with Crippen molar-refractivity contribution in [2.45, 2.75) is 12.8 Å². The zero-order chi connectivity index (χ0) is 14.4. The molecule has 0 amide bonds. The van der Waals surface area contributed by atoms with E-state index in [1.54, 1.807) is 0 Å². The second kappa shape index (κ2) is 4.81. The molecule has 0 radical (unpaired) electrons. The highest BCUT2D eigenvalue weighted by Gasteiger charge is 2.22. The molecule has 0 heterocycles. The monoisotopic (exact) mass is 336 g/mol. The van der Waals surface area contributed by atoms with E-state index < -0.39 is 0 Å². The van der Waals surface area contributed by atoms with Crippen LogP contribution in [-0.4, -0.2) is 5.78 Å². The first kappa shape index (κ1) is 12.8. The van der Waals surface area contributed by atoms with Crippen molar-refractivity contribution >= 4 is 32.5 Å². The summed E-state index contributed by atoms with van der Waals surface area (Å²) in [4.78, 5) is 12.8. The molecule has 21 heavy (non-hydrogen) atoms. The van der Waals surface area contributed by atoms with E-state index in [1.165, 1.54) is 21.9 Å². The van der Waals surface area contributed by atoms with Gasteiger partial charge in [-0.1, -0.05) is 64.5 Å². The van der Waals surface area contributed by atoms with Crippen LogP contribution in [-0.2, 0) is 12.8 Å². The fourth-order valence-corrected chi connectivity index (χ4v) is 3.71. The van der Waals surface area contributed by atoms with E-state index in [4.69, 9.17) is 0 Å². The number of carbonyl (C=O) groups excluding carboxylic acids is 1. The van der Waals surface area contributed by atoms with Crippen LogP contribution in [0.2, 0.25) is 0 Å². The average Bonchev–Trinajstić information content (AvgIpc) is 2.96. The average molecular weight is 337 g/mol. The number of halogens is 1. The summed E-state index contributed by atoms with van der Waals surface area (Å²) < 4.78 is 1.10. The highest BCUT2D eigenvalue weighted by Crippen LogP contribution is 2.37. The van der Waals surface area contributed by atoms with E-state index in [9.17, 15) is 4.79 Å². The smallest absolute Gasteiger partial charge is 0.193 e. The van der Waals surface area contributed by atoms with Crippen LogP contribution >= 0.6 is 15.9 Å². The lowest BCUT2D eigenvalue weighted by Crippen LogP contribution is -2.04. The minimum atomic E-state index is 0.125. The van der Waals surface area contributed by atoms with Crippen molar-refractivity contribution in [3.63, 3.8) is 0 Å². The fraction of sp³-hybridized carbons (Fsp3) is 0.105. The molecule has 0 atom stereocenters. The van der Waals surface area contributed by atoms with Crippen LogP contribution in [0.3, 0.4) is 0 Å². The summed E-state index contributed by atoms with van der Waals surface area (Å²) in [5.74, 6) is 0.125. The molecule has 0 saturated heterocycles. The van der Waals surface area contributed by atoms with Crippen LogP contribution in [0.15, 0.2) is 59.1 Å². The third kappa shape index (κ3) is 1.94. The summed E-state index contributed by atoms with van der Waals surface area (Å²) in [5.41, 5.74) is 4.17. The summed E-state index contributed by atoms with van der Waals surface area (Å²) >= 11 is 3.61. The first-order chi connectivity index (χ1) is 10.3. The Morgan fingerprint density at radius 3 is 2.52 bits per heavy atom. The molecule has 3 aromatic rings. The zero-order valence-corrected chi connectivity index (χ0v) is 13.0. The van der Waals surface area contributed by atoms with Crippen LogP contribution in [0.4, 0.5) is 0 Å². The lowest BCUT2D eigenvalue weighted by atomic mass is 9.94. The summed E-state index contributed by atoms with van der Waals surface area (Å²) in [7, 11) is 0. The van der Waals surface area contributed by atoms with Gasteiger partial charge in [-0.15, -0.1) is 0 Å². The SMILES string of the molecule is O=C(c1ccccc1)c1ccc2c(Br)ccc3c2c1CC3. The molecular formula is C19H13BrO. The van der Waals surface area contributed by atoms with Gasteiger partial charge in [-0.2, -0.15) is 0 Å². The largest absolute Gasteiger partial charge is 0.289 e. The number of benzene rings is 3. The van der Waals surface area contributed by atoms with Gasteiger partial charge in [0.2, 0.25) is 0 Å². The van der Waals surface area contributed by atoms with Crippen LogP contribution < -0.4 is 0 Å². The maximum atomic E-state index is 12.8. The molecule has 1 aliphatic carbocycles. The summed E-state index contributed by atoms with van der Waals surface area (Å²) in [6.07, 6.45) is 1.98. The Kier molecular flexibility index (Phi) is 2.93. The van der Waals surface area contributed by atoms with Crippen molar-refractivity contribution in [1.82, 2.24) is 0 Å². The first-order valence-electron chi connectivity index (χ1n) is 7.08. The van der Waals surface area contributed by atoms with Gasteiger partial charge in [0.1, 0.15) is 0 Å². The molecule has 0 N–H and O–H groups in total. The van der Waals surface area contributed by atoms with Crippen LogP contribution in [0.25, 0.3) is 10.8 Å². The lowest BCUT2D eigenvalue weighted by Gasteiger charge is -2.09. The van der Waals surface area contributed by atoms with Crippen molar-refractivity contribution in [3.8, 4) is 0 Å². The number of hydrogen-bond donors (Lipinski definition) is 0. The summed E-state index contributed by atoms with van der Waals surface area (Å²) in [5, 5.41) is 2.48. The third-order valence-corrected chi connectivity index (χ3v) is 4.94. The molecule has 0 fully saturated rings. The molecule has 0 aromatic heterocycles. The number of rotatable bonds is 2. The maximum absolute atomic E-state index is 12.8. The highest BCUT2D eigenvalue weighted by atomic mass is 79.9. The number of ketones is 1. The molecule has 0 bridgehead atoms. The zero-order valence-electron chi connectivity index (χ0n) is 11.4. The number of aryl methyl sites for hydroxylation is 2. The van der Waals surface area contributed by atoms with Gasteiger partial charge in [0.05, 0.1) is 0 Å². The topological polar surface area (TPSA) is 17.1 Å². The first-order valence-corrected chi connectivity index (χ1v) is 7.88. The normalized spacial score (nSPS) is 12.8. The molecule has 0 saturated carbocycles. The Balaban J connectivity index is 1.96. The van der Waals surface area contributed by atoms with E-state index in [1.807, 2.05) is 36.4 Å². The van der Waals surface area contributed by atoms with Crippen molar-refractivity contribution in [3.05, 3.63) is 81.3 Å². The number of hydrogen-bond acceptors (Lipinski definition) is 1. The minimum absolute atomic E-state index is 0.125.